The van der Waals surface area contributed by atoms with Crippen molar-refractivity contribution in [2.75, 3.05) is 26.2 Å². The molecule has 0 bridgehead atoms. The van der Waals surface area contributed by atoms with Crippen molar-refractivity contribution in [1.29, 1.82) is 0 Å². The van der Waals surface area contributed by atoms with Gasteiger partial charge in [0.2, 0.25) is 0 Å². The minimum absolute atomic E-state index is 0.0119. The number of rotatable bonds is 3. The SMILES string of the molecule is NC1CCN(CCn2c(=O)ccc3c2=CCCN=3)CC1=O. The van der Waals surface area contributed by atoms with E-state index in [1.165, 1.54) is 0 Å². The van der Waals surface area contributed by atoms with Crippen LogP contribution in [0.1, 0.15) is 12.8 Å². The van der Waals surface area contributed by atoms with E-state index in [0.29, 0.717) is 26.1 Å². The van der Waals surface area contributed by atoms with Crippen molar-refractivity contribution >= 4 is 11.9 Å². The van der Waals surface area contributed by atoms with Crippen molar-refractivity contribution in [3.8, 4) is 0 Å². The maximum Gasteiger partial charge on any atom is 0.251 e. The van der Waals surface area contributed by atoms with Gasteiger partial charge in [0, 0.05) is 32.2 Å². The third-order valence-electron chi connectivity index (χ3n) is 4.14. The second-order valence-electron chi connectivity index (χ2n) is 5.61. The van der Waals surface area contributed by atoms with Gasteiger partial charge in [0.15, 0.2) is 5.78 Å². The maximum atomic E-state index is 12.1. The zero-order valence-electron chi connectivity index (χ0n) is 12.0. The highest BCUT2D eigenvalue weighted by Gasteiger charge is 2.23. The number of piperidine rings is 1. The van der Waals surface area contributed by atoms with E-state index < -0.39 is 0 Å². The lowest BCUT2D eigenvalue weighted by Gasteiger charge is -2.29. The zero-order chi connectivity index (χ0) is 14.8. The number of likely N-dealkylation sites (tertiary alicyclic amines) is 1. The second-order valence-corrected chi connectivity index (χ2v) is 5.61. The van der Waals surface area contributed by atoms with Gasteiger partial charge in [0.1, 0.15) is 0 Å². The van der Waals surface area contributed by atoms with E-state index >= 15 is 0 Å². The van der Waals surface area contributed by atoms with Crippen LogP contribution in [-0.2, 0) is 11.3 Å². The molecule has 0 aromatic carbocycles. The number of hydrogen-bond donors (Lipinski definition) is 1. The van der Waals surface area contributed by atoms with Gasteiger partial charge in [-0.05, 0) is 18.9 Å². The highest BCUT2D eigenvalue weighted by atomic mass is 16.1. The van der Waals surface area contributed by atoms with E-state index in [9.17, 15) is 9.59 Å². The monoisotopic (exact) mass is 288 g/mol. The maximum absolute atomic E-state index is 12.1. The molecule has 1 atom stereocenters. The summed E-state index contributed by atoms with van der Waals surface area (Å²) in [6.07, 6.45) is 3.64. The Morgan fingerprint density at radius 1 is 1.29 bits per heavy atom. The van der Waals surface area contributed by atoms with E-state index in [2.05, 4.69) is 16.0 Å². The average molecular weight is 288 g/mol. The summed E-state index contributed by atoms with van der Waals surface area (Å²) in [5.74, 6) is 0.0882. The molecule has 1 fully saturated rings. The summed E-state index contributed by atoms with van der Waals surface area (Å²) in [7, 11) is 0. The lowest BCUT2D eigenvalue weighted by atomic mass is 10.1. The summed E-state index contributed by atoms with van der Waals surface area (Å²) < 4.78 is 1.76. The molecule has 0 saturated carbocycles. The summed E-state index contributed by atoms with van der Waals surface area (Å²) in [6, 6.07) is 3.03. The van der Waals surface area contributed by atoms with Crippen LogP contribution in [0, 0.1) is 0 Å². The lowest BCUT2D eigenvalue weighted by molar-refractivity contribution is -0.123. The number of fused-ring (bicyclic) bond motifs is 1. The Balaban J connectivity index is 1.78. The van der Waals surface area contributed by atoms with E-state index in [-0.39, 0.29) is 17.4 Å². The third-order valence-corrected chi connectivity index (χ3v) is 4.14. The molecule has 3 heterocycles. The van der Waals surface area contributed by atoms with Gasteiger partial charge < -0.3 is 10.3 Å². The highest BCUT2D eigenvalue weighted by molar-refractivity contribution is 5.86. The topological polar surface area (TPSA) is 80.7 Å². The van der Waals surface area contributed by atoms with E-state index in [1.54, 1.807) is 16.7 Å². The van der Waals surface area contributed by atoms with Gasteiger partial charge in [-0.1, -0.05) is 6.08 Å². The van der Waals surface area contributed by atoms with Gasteiger partial charge in [0.05, 0.1) is 23.3 Å². The van der Waals surface area contributed by atoms with Gasteiger partial charge in [-0.2, -0.15) is 0 Å². The Bertz CT molecular complexity index is 722. The van der Waals surface area contributed by atoms with E-state index in [4.69, 9.17) is 5.73 Å². The van der Waals surface area contributed by atoms with Gasteiger partial charge in [-0.3, -0.25) is 19.5 Å². The smallest absolute Gasteiger partial charge is 0.251 e. The second kappa shape index (κ2) is 5.91. The molecule has 1 saturated heterocycles. The molecule has 21 heavy (non-hydrogen) atoms. The number of ketones is 1. The Kier molecular flexibility index (Phi) is 3.98. The first-order valence-electron chi connectivity index (χ1n) is 7.40. The van der Waals surface area contributed by atoms with Crippen LogP contribution in [0.25, 0.3) is 6.08 Å². The molecule has 0 radical (unpaired) electrons. The van der Waals surface area contributed by atoms with Crippen LogP contribution >= 0.6 is 0 Å². The molecule has 0 amide bonds. The predicted octanol–water partition coefficient (Wildman–Crippen LogP) is -1.75. The van der Waals surface area contributed by atoms with E-state index in [1.807, 2.05) is 0 Å². The van der Waals surface area contributed by atoms with Crippen LogP contribution in [-0.4, -0.2) is 47.5 Å². The first-order chi connectivity index (χ1) is 10.1. The van der Waals surface area contributed by atoms with Gasteiger partial charge in [-0.15, -0.1) is 0 Å². The molecule has 1 aromatic rings. The molecule has 6 nitrogen and oxygen atoms in total. The Labute approximate surface area is 122 Å². The largest absolute Gasteiger partial charge is 0.321 e. The summed E-state index contributed by atoms with van der Waals surface area (Å²) in [4.78, 5) is 30.2. The summed E-state index contributed by atoms with van der Waals surface area (Å²) >= 11 is 0. The number of pyridine rings is 1. The standard InChI is InChI=1S/C15H20N4O2/c16-11-5-7-18(10-14(11)20)8-9-19-13-2-1-6-17-12(13)3-4-15(19)21/h2-4,11H,1,5-10,16H2. The fourth-order valence-electron chi connectivity index (χ4n) is 2.88. The van der Waals surface area contributed by atoms with Crippen molar-refractivity contribution in [3.63, 3.8) is 0 Å². The average Bonchev–Trinajstić information content (AvgIpc) is 2.50. The molecule has 1 unspecified atom stereocenters. The molecule has 0 aliphatic carbocycles. The van der Waals surface area contributed by atoms with Crippen molar-refractivity contribution in [2.45, 2.75) is 25.4 Å². The number of nitrogens with zero attached hydrogens (tertiary/aromatic N) is 3. The van der Waals surface area contributed by atoms with Crippen molar-refractivity contribution in [3.05, 3.63) is 33.2 Å². The Hall–Kier alpha value is -1.79. The lowest BCUT2D eigenvalue weighted by Crippen LogP contribution is -2.50. The molecule has 2 N–H and O–H groups in total. The normalized spacial score (nSPS) is 22.3. The summed E-state index contributed by atoms with van der Waals surface area (Å²) in [6.45, 7) is 3.24. The van der Waals surface area contributed by atoms with Gasteiger partial charge >= 0.3 is 0 Å². The molecule has 0 spiro atoms. The van der Waals surface area contributed by atoms with Crippen LogP contribution in [0.5, 0.6) is 0 Å². The number of Topliss-reactive ketones (excluding diaryl/α,β-unsaturated/α-hetero) is 1. The summed E-state index contributed by atoms with van der Waals surface area (Å²) in [5, 5.41) is 1.80. The first-order valence-corrected chi connectivity index (χ1v) is 7.40. The molecular formula is C15H20N4O2. The van der Waals surface area contributed by atoms with E-state index in [0.717, 1.165) is 30.2 Å². The Morgan fingerprint density at radius 2 is 2.14 bits per heavy atom. The minimum atomic E-state index is -0.319. The predicted molar refractivity (Wildman–Crippen MR) is 79.5 cm³/mol. The van der Waals surface area contributed by atoms with Crippen LogP contribution in [0.3, 0.4) is 0 Å². The van der Waals surface area contributed by atoms with Crippen molar-refractivity contribution < 1.29 is 4.79 Å². The highest BCUT2D eigenvalue weighted by Crippen LogP contribution is 2.04. The van der Waals surface area contributed by atoms with Crippen LogP contribution in [0.4, 0.5) is 0 Å². The van der Waals surface area contributed by atoms with Crippen molar-refractivity contribution in [1.82, 2.24) is 9.47 Å². The molecule has 3 rings (SSSR count). The fraction of sp³-hybridized carbons (Fsp3) is 0.533. The van der Waals surface area contributed by atoms with Gasteiger partial charge in [0.25, 0.3) is 5.56 Å². The summed E-state index contributed by atoms with van der Waals surface area (Å²) in [5.41, 5.74) is 5.70. The molecule has 6 heteroatoms. The molecule has 112 valence electrons. The number of carbonyl (C=O) groups excluding carboxylic acids is 1. The first kappa shape index (κ1) is 14.2. The quantitative estimate of drug-likeness (QED) is 0.715. The number of carbonyl (C=O) groups is 1. The van der Waals surface area contributed by atoms with Gasteiger partial charge in [-0.25, -0.2) is 0 Å². The van der Waals surface area contributed by atoms with Crippen LogP contribution < -0.4 is 22.0 Å². The van der Waals surface area contributed by atoms with Crippen molar-refractivity contribution in [2.24, 2.45) is 10.7 Å². The number of nitrogens with two attached hydrogens (primary N) is 1. The van der Waals surface area contributed by atoms with Crippen LogP contribution in [0.15, 0.2) is 21.9 Å². The molecule has 2 aliphatic heterocycles. The zero-order valence-corrected chi connectivity index (χ0v) is 12.0. The molecular weight excluding hydrogens is 268 g/mol. The molecule has 1 aromatic heterocycles. The molecule has 2 aliphatic rings. The third kappa shape index (κ3) is 2.96. The Morgan fingerprint density at radius 3 is 2.95 bits per heavy atom. The van der Waals surface area contributed by atoms with Crippen LogP contribution in [0.2, 0.25) is 0 Å². The minimum Gasteiger partial charge on any atom is -0.321 e. The number of aromatic nitrogens is 1. The fourth-order valence-corrected chi connectivity index (χ4v) is 2.88. The number of hydrogen-bond acceptors (Lipinski definition) is 5.